The molecule has 2 unspecified atom stereocenters. The second-order valence-electron chi connectivity index (χ2n) is 8.06. The van der Waals surface area contributed by atoms with Crippen molar-refractivity contribution < 1.29 is 5.11 Å². The van der Waals surface area contributed by atoms with Crippen LogP contribution in [0.3, 0.4) is 0 Å². The molecule has 3 aliphatic rings. The third-order valence-electron chi connectivity index (χ3n) is 6.48. The molecule has 2 atom stereocenters. The number of aliphatic imine (C=N–C) groups is 1. The second-order valence-corrected chi connectivity index (χ2v) is 8.06. The predicted molar refractivity (Wildman–Crippen MR) is 95.6 cm³/mol. The molecule has 2 N–H and O–H groups in total. The minimum atomic E-state index is 0.266. The lowest BCUT2D eigenvalue weighted by Crippen LogP contribution is -2.41. The van der Waals surface area contributed by atoms with Crippen molar-refractivity contribution >= 4 is 5.96 Å². The lowest BCUT2D eigenvalue weighted by atomic mass is 9.82. The first-order valence-electron chi connectivity index (χ1n) is 9.90. The van der Waals surface area contributed by atoms with Gasteiger partial charge in [-0.2, -0.15) is 0 Å². The number of nitrogens with zero attached hydrogens (tertiary/aromatic N) is 2. The molecular weight excluding hydrogens is 286 g/mol. The maximum atomic E-state index is 9.44. The van der Waals surface area contributed by atoms with Gasteiger partial charge in [0, 0.05) is 32.8 Å². The average molecular weight is 322 g/mol. The molecule has 0 bridgehead atoms. The normalized spacial score (nSPS) is 30.5. The van der Waals surface area contributed by atoms with E-state index in [9.17, 15) is 5.11 Å². The zero-order chi connectivity index (χ0) is 16.1. The topological polar surface area (TPSA) is 47.9 Å². The number of aliphatic hydroxyl groups excluding tert-OH is 1. The van der Waals surface area contributed by atoms with E-state index in [4.69, 9.17) is 4.99 Å². The molecule has 2 saturated carbocycles. The van der Waals surface area contributed by atoms with Crippen LogP contribution in [-0.2, 0) is 0 Å². The molecular formula is C19H35N3O. The van der Waals surface area contributed by atoms with E-state index in [0.29, 0.717) is 6.61 Å². The summed E-state index contributed by atoms with van der Waals surface area (Å²) < 4.78 is 0. The molecule has 0 aromatic carbocycles. The Morgan fingerprint density at radius 3 is 2.35 bits per heavy atom. The van der Waals surface area contributed by atoms with Crippen LogP contribution < -0.4 is 5.32 Å². The van der Waals surface area contributed by atoms with Crippen molar-refractivity contribution in [1.29, 1.82) is 0 Å². The fourth-order valence-electron chi connectivity index (χ4n) is 5.10. The molecule has 132 valence electrons. The van der Waals surface area contributed by atoms with Crippen LogP contribution in [0.15, 0.2) is 4.99 Å². The molecule has 2 aliphatic carbocycles. The quantitative estimate of drug-likeness (QED) is 0.604. The standard InChI is InChI=1S/C19H35N3O/c1-2-20-18(21-15-19(11-12-23)9-5-6-10-19)22-13-16-7-3-4-8-17(16)14-22/h16-17,23H,2-15H2,1H3,(H,20,21). The van der Waals surface area contributed by atoms with Gasteiger partial charge in [0.05, 0.1) is 0 Å². The highest BCUT2D eigenvalue weighted by Gasteiger charge is 2.37. The van der Waals surface area contributed by atoms with Gasteiger partial charge in [-0.1, -0.05) is 25.7 Å². The Kier molecular flexibility index (Phi) is 5.84. The van der Waals surface area contributed by atoms with Gasteiger partial charge in [0.1, 0.15) is 0 Å². The molecule has 0 radical (unpaired) electrons. The van der Waals surface area contributed by atoms with Crippen molar-refractivity contribution in [1.82, 2.24) is 10.2 Å². The maximum absolute atomic E-state index is 9.44. The van der Waals surface area contributed by atoms with E-state index in [-0.39, 0.29) is 5.41 Å². The SMILES string of the molecule is CCNC(=NCC1(CCO)CCCC1)N1CC2CCCCC2C1. The molecule has 4 nitrogen and oxygen atoms in total. The predicted octanol–water partition coefficient (Wildman–Crippen LogP) is 3.02. The van der Waals surface area contributed by atoms with Crippen LogP contribution in [0.2, 0.25) is 0 Å². The van der Waals surface area contributed by atoms with Crippen molar-refractivity contribution in [2.24, 2.45) is 22.2 Å². The Morgan fingerprint density at radius 2 is 1.78 bits per heavy atom. The van der Waals surface area contributed by atoms with Gasteiger partial charge < -0.3 is 15.3 Å². The third kappa shape index (κ3) is 4.01. The number of nitrogens with one attached hydrogen (secondary N) is 1. The molecule has 0 spiro atoms. The second kappa shape index (κ2) is 7.87. The van der Waals surface area contributed by atoms with E-state index >= 15 is 0 Å². The highest BCUT2D eigenvalue weighted by molar-refractivity contribution is 5.80. The van der Waals surface area contributed by atoms with E-state index in [0.717, 1.165) is 37.3 Å². The van der Waals surface area contributed by atoms with E-state index in [2.05, 4.69) is 17.1 Å². The maximum Gasteiger partial charge on any atom is 0.193 e. The molecule has 1 saturated heterocycles. The average Bonchev–Trinajstić information content (AvgIpc) is 3.19. The number of aliphatic hydroxyl groups is 1. The molecule has 3 fully saturated rings. The Morgan fingerprint density at radius 1 is 1.13 bits per heavy atom. The van der Waals surface area contributed by atoms with E-state index in [1.165, 1.54) is 64.5 Å². The number of rotatable bonds is 5. The Hall–Kier alpha value is -0.770. The van der Waals surface area contributed by atoms with Gasteiger partial charge in [-0.3, -0.25) is 4.99 Å². The summed E-state index contributed by atoms with van der Waals surface area (Å²) in [6, 6.07) is 0. The largest absolute Gasteiger partial charge is 0.396 e. The van der Waals surface area contributed by atoms with Gasteiger partial charge in [0.25, 0.3) is 0 Å². The molecule has 0 amide bonds. The van der Waals surface area contributed by atoms with Gasteiger partial charge in [-0.25, -0.2) is 0 Å². The fourth-order valence-corrected chi connectivity index (χ4v) is 5.10. The zero-order valence-corrected chi connectivity index (χ0v) is 14.9. The summed E-state index contributed by atoms with van der Waals surface area (Å²) in [4.78, 5) is 7.57. The highest BCUT2D eigenvalue weighted by atomic mass is 16.3. The number of guanidine groups is 1. The third-order valence-corrected chi connectivity index (χ3v) is 6.48. The number of hydrogen-bond donors (Lipinski definition) is 2. The van der Waals surface area contributed by atoms with Crippen LogP contribution in [-0.4, -0.2) is 48.8 Å². The fraction of sp³-hybridized carbons (Fsp3) is 0.947. The lowest BCUT2D eigenvalue weighted by molar-refractivity contribution is 0.190. The summed E-state index contributed by atoms with van der Waals surface area (Å²) in [5.74, 6) is 2.92. The van der Waals surface area contributed by atoms with Crippen molar-refractivity contribution in [2.45, 2.75) is 64.7 Å². The molecule has 4 heteroatoms. The summed E-state index contributed by atoms with van der Waals surface area (Å²) in [6.45, 7) is 6.70. The molecule has 0 aromatic heterocycles. The molecule has 0 aromatic rings. The molecule has 1 heterocycles. The van der Waals surface area contributed by atoms with Gasteiger partial charge in [-0.05, 0) is 56.3 Å². The zero-order valence-electron chi connectivity index (χ0n) is 14.9. The van der Waals surface area contributed by atoms with Crippen LogP contribution in [0.5, 0.6) is 0 Å². The van der Waals surface area contributed by atoms with Gasteiger partial charge >= 0.3 is 0 Å². The smallest absolute Gasteiger partial charge is 0.193 e. The molecule has 1 aliphatic heterocycles. The van der Waals surface area contributed by atoms with Crippen molar-refractivity contribution in [2.75, 3.05) is 32.8 Å². The van der Waals surface area contributed by atoms with Crippen LogP contribution in [0.4, 0.5) is 0 Å². The van der Waals surface area contributed by atoms with Crippen LogP contribution in [0, 0.1) is 17.3 Å². The Balaban J connectivity index is 1.65. The van der Waals surface area contributed by atoms with Crippen molar-refractivity contribution in [3.05, 3.63) is 0 Å². The van der Waals surface area contributed by atoms with Crippen molar-refractivity contribution in [3.8, 4) is 0 Å². The molecule has 3 rings (SSSR count). The first-order valence-corrected chi connectivity index (χ1v) is 9.90. The van der Waals surface area contributed by atoms with Crippen LogP contribution in [0.1, 0.15) is 64.7 Å². The summed E-state index contributed by atoms with van der Waals surface area (Å²) in [7, 11) is 0. The summed E-state index contributed by atoms with van der Waals surface area (Å²) >= 11 is 0. The van der Waals surface area contributed by atoms with Gasteiger partial charge in [-0.15, -0.1) is 0 Å². The lowest BCUT2D eigenvalue weighted by Gasteiger charge is -2.28. The van der Waals surface area contributed by atoms with Crippen LogP contribution >= 0.6 is 0 Å². The molecule has 23 heavy (non-hydrogen) atoms. The monoisotopic (exact) mass is 321 g/mol. The van der Waals surface area contributed by atoms with E-state index in [1.807, 2.05) is 0 Å². The van der Waals surface area contributed by atoms with Gasteiger partial charge in [0.15, 0.2) is 5.96 Å². The number of fused-ring (bicyclic) bond motifs is 1. The summed E-state index contributed by atoms with van der Waals surface area (Å²) in [5, 5.41) is 13.0. The van der Waals surface area contributed by atoms with Crippen LogP contribution in [0.25, 0.3) is 0 Å². The van der Waals surface area contributed by atoms with E-state index in [1.54, 1.807) is 0 Å². The Bertz CT molecular complexity index is 389. The number of likely N-dealkylation sites (tertiary alicyclic amines) is 1. The number of hydrogen-bond acceptors (Lipinski definition) is 2. The van der Waals surface area contributed by atoms with Crippen molar-refractivity contribution in [3.63, 3.8) is 0 Å². The minimum Gasteiger partial charge on any atom is -0.396 e. The summed E-state index contributed by atoms with van der Waals surface area (Å²) in [6.07, 6.45) is 11.7. The van der Waals surface area contributed by atoms with E-state index < -0.39 is 0 Å². The highest BCUT2D eigenvalue weighted by Crippen LogP contribution is 2.41. The summed E-state index contributed by atoms with van der Waals surface area (Å²) in [5.41, 5.74) is 0.266. The first kappa shape index (κ1) is 17.1. The minimum absolute atomic E-state index is 0.266. The van der Waals surface area contributed by atoms with Gasteiger partial charge in [0.2, 0.25) is 0 Å². The first-order chi connectivity index (χ1) is 11.3. The Labute approximate surface area is 141 Å².